The second-order valence-electron chi connectivity index (χ2n) is 15.9. The van der Waals surface area contributed by atoms with Crippen molar-refractivity contribution < 1.29 is 0 Å². The van der Waals surface area contributed by atoms with E-state index < -0.39 is 0 Å². The second kappa shape index (κ2) is 13.2. The predicted molar refractivity (Wildman–Crippen MR) is 230 cm³/mol. The van der Waals surface area contributed by atoms with E-state index in [0.717, 1.165) is 11.4 Å². The molecule has 0 bridgehead atoms. The standard InChI is InChI=1S/C53H45N/c1-53(2)49-23-13-22-46(37-15-5-3-6-16-37)52(49)48-33-31-44(35-50(48)53)54(43-30-24-36-14-9-10-20-41(36)34-43)42-28-25-39(26-29-42)47-32-27-38-17-11-12-21-45(38)51(47)40-18-7-4-8-19-40/h4,7-14,17-35,37H,3,5-6,15-16H2,1-2H3. The van der Waals surface area contributed by atoms with Crippen LogP contribution in [0.4, 0.5) is 17.1 Å². The molecule has 1 fully saturated rings. The van der Waals surface area contributed by atoms with Gasteiger partial charge in [-0.2, -0.15) is 0 Å². The first-order chi connectivity index (χ1) is 26.5. The smallest absolute Gasteiger partial charge is 0.0468 e. The van der Waals surface area contributed by atoms with Gasteiger partial charge in [0.1, 0.15) is 0 Å². The molecule has 1 heteroatoms. The Morgan fingerprint density at radius 2 is 1.09 bits per heavy atom. The maximum absolute atomic E-state index is 2.49. The van der Waals surface area contributed by atoms with Crippen molar-refractivity contribution >= 4 is 38.6 Å². The van der Waals surface area contributed by atoms with Gasteiger partial charge in [-0.3, -0.25) is 0 Å². The number of hydrogen-bond donors (Lipinski definition) is 0. The maximum atomic E-state index is 2.49. The average Bonchev–Trinajstić information content (AvgIpc) is 3.47. The van der Waals surface area contributed by atoms with Crippen LogP contribution in [0, 0.1) is 0 Å². The summed E-state index contributed by atoms with van der Waals surface area (Å²) in [6, 6.07) is 63.3. The van der Waals surface area contributed by atoms with E-state index in [1.54, 1.807) is 5.56 Å². The molecule has 0 spiro atoms. The van der Waals surface area contributed by atoms with Crippen molar-refractivity contribution in [2.24, 2.45) is 0 Å². The van der Waals surface area contributed by atoms with Gasteiger partial charge in [0.15, 0.2) is 0 Å². The molecule has 2 aliphatic rings. The summed E-state index contributed by atoms with van der Waals surface area (Å²) in [6.45, 7) is 4.85. The molecule has 2 aliphatic carbocycles. The van der Waals surface area contributed by atoms with E-state index in [1.807, 2.05) is 0 Å². The third-order valence-corrected chi connectivity index (χ3v) is 12.4. The first-order valence-electron chi connectivity index (χ1n) is 19.8. The van der Waals surface area contributed by atoms with Gasteiger partial charge in [0.25, 0.3) is 0 Å². The predicted octanol–water partition coefficient (Wildman–Crippen LogP) is 15.2. The lowest BCUT2D eigenvalue weighted by Gasteiger charge is -2.28. The second-order valence-corrected chi connectivity index (χ2v) is 15.9. The van der Waals surface area contributed by atoms with Crippen molar-refractivity contribution in [1.29, 1.82) is 0 Å². The third kappa shape index (κ3) is 5.45. The molecule has 0 aromatic heterocycles. The number of benzene rings is 8. The largest absolute Gasteiger partial charge is 0.310 e. The summed E-state index contributed by atoms with van der Waals surface area (Å²) >= 11 is 0. The van der Waals surface area contributed by atoms with Crippen molar-refractivity contribution in [3.63, 3.8) is 0 Å². The summed E-state index contributed by atoms with van der Waals surface area (Å²) in [5.74, 6) is 0.660. The zero-order chi connectivity index (χ0) is 36.2. The van der Waals surface area contributed by atoms with Crippen LogP contribution >= 0.6 is 0 Å². The zero-order valence-electron chi connectivity index (χ0n) is 31.2. The molecule has 0 atom stereocenters. The minimum atomic E-state index is -0.0891. The number of hydrogen-bond acceptors (Lipinski definition) is 1. The summed E-state index contributed by atoms with van der Waals surface area (Å²) < 4.78 is 0. The fourth-order valence-corrected chi connectivity index (χ4v) is 9.68. The Hall–Kier alpha value is -5.92. The summed E-state index contributed by atoms with van der Waals surface area (Å²) in [7, 11) is 0. The van der Waals surface area contributed by atoms with Crippen LogP contribution in [0.15, 0.2) is 170 Å². The van der Waals surface area contributed by atoms with Crippen LogP contribution < -0.4 is 4.90 Å². The Bertz CT molecular complexity index is 2660. The Kier molecular flexibility index (Phi) is 7.99. The lowest BCUT2D eigenvalue weighted by atomic mass is 9.78. The van der Waals surface area contributed by atoms with Gasteiger partial charge in [-0.1, -0.05) is 167 Å². The molecule has 0 unspecified atom stereocenters. The summed E-state index contributed by atoms with van der Waals surface area (Å²) in [5.41, 5.74) is 15.8. The van der Waals surface area contributed by atoms with Crippen molar-refractivity contribution in [3.8, 4) is 33.4 Å². The van der Waals surface area contributed by atoms with Crippen molar-refractivity contribution in [3.05, 3.63) is 187 Å². The molecule has 0 saturated heterocycles. The van der Waals surface area contributed by atoms with Crippen LogP contribution in [-0.4, -0.2) is 0 Å². The fraction of sp³-hybridized carbons (Fsp3) is 0.170. The molecule has 0 amide bonds. The van der Waals surface area contributed by atoms with E-state index in [1.165, 1.54) is 104 Å². The van der Waals surface area contributed by atoms with Crippen molar-refractivity contribution in [1.82, 2.24) is 0 Å². The van der Waals surface area contributed by atoms with Crippen LogP contribution in [0.25, 0.3) is 54.9 Å². The van der Waals surface area contributed by atoms with Gasteiger partial charge in [0.05, 0.1) is 0 Å². The number of nitrogens with zero attached hydrogens (tertiary/aromatic N) is 1. The minimum absolute atomic E-state index is 0.0891. The van der Waals surface area contributed by atoms with E-state index in [9.17, 15) is 0 Å². The first-order valence-corrected chi connectivity index (χ1v) is 19.8. The van der Waals surface area contributed by atoms with E-state index in [0.29, 0.717) is 5.92 Å². The van der Waals surface area contributed by atoms with Crippen LogP contribution in [0.3, 0.4) is 0 Å². The summed E-state index contributed by atoms with van der Waals surface area (Å²) in [5, 5.41) is 5.02. The molecule has 0 aliphatic heterocycles. The van der Waals surface area contributed by atoms with Crippen molar-refractivity contribution in [2.45, 2.75) is 57.3 Å². The molecule has 0 heterocycles. The van der Waals surface area contributed by atoms with Gasteiger partial charge in [0.2, 0.25) is 0 Å². The third-order valence-electron chi connectivity index (χ3n) is 12.4. The lowest BCUT2D eigenvalue weighted by Crippen LogP contribution is -2.17. The quantitative estimate of drug-likeness (QED) is 0.167. The van der Waals surface area contributed by atoms with Crippen LogP contribution in [0.2, 0.25) is 0 Å². The highest BCUT2D eigenvalue weighted by Gasteiger charge is 2.38. The van der Waals surface area contributed by atoms with Crippen molar-refractivity contribution in [2.75, 3.05) is 4.90 Å². The monoisotopic (exact) mass is 695 g/mol. The normalized spacial score (nSPS) is 14.9. The molecule has 0 radical (unpaired) electrons. The van der Waals surface area contributed by atoms with E-state index in [-0.39, 0.29) is 5.41 Å². The molecule has 8 aromatic rings. The number of rotatable bonds is 6. The Labute approximate surface area is 319 Å². The zero-order valence-corrected chi connectivity index (χ0v) is 31.2. The molecule has 10 rings (SSSR count). The average molecular weight is 696 g/mol. The first kappa shape index (κ1) is 32.7. The Balaban J connectivity index is 1.11. The van der Waals surface area contributed by atoms with E-state index in [4.69, 9.17) is 0 Å². The van der Waals surface area contributed by atoms with Crippen LogP contribution in [0.5, 0.6) is 0 Å². The topological polar surface area (TPSA) is 3.24 Å². The van der Waals surface area contributed by atoms with E-state index >= 15 is 0 Å². The van der Waals surface area contributed by atoms with Gasteiger partial charge < -0.3 is 4.90 Å². The minimum Gasteiger partial charge on any atom is -0.310 e. The van der Waals surface area contributed by atoms with Gasteiger partial charge in [-0.25, -0.2) is 0 Å². The molecular weight excluding hydrogens is 651 g/mol. The summed E-state index contributed by atoms with van der Waals surface area (Å²) in [4.78, 5) is 2.45. The number of anilines is 3. The molecule has 54 heavy (non-hydrogen) atoms. The lowest BCUT2D eigenvalue weighted by molar-refractivity contribution is 0.444. The van der Waals surface area contributed by atoms with Gasteiger partial charge >= 0.3 is 0 Å². The number of fused-ring (bicyclic) bond motifs is 5. The van der Waals surface area contributed by atoms with Gasteiger partial charge in [-0.05, 0) is 127 Å². The highest BCUT2D eigenvalue weighted by atomic mass is 15.1. The molecule has 8 aromatic carbocycles. The van der Waals surface area contributed by atoms with E-state index in [2.05, 4.69) is 189 Å². The van der Waals surface area contributed by atoms with Gasteiger partial charge in [0, 0.05) is 22.5 Å². The highest BCUT2D eigenvalue weighted by Crippen LogP contribution is 2.54. The SMILES string of the molecule is CC1(C)c2cc(N(c3ccc(-c4ccc5ccccc5c4-c4ccccc4)cc3)c3ccc4ccccc4c3)ccc2-c2c(C3CCCCC3)cccc21. The molecule has 1 nitrogen and oxygen atoms in total. The Morgan fingerprint density at radius 1 is 0.444 bits per heavy atom. The molecule has 1 saturated carbocycles. The van der Waals surface area contributed by atoms with Crippen LogP contribution in [0.1, 0.15) is 68.6 Å². The Morgan fingerprint density at radius 3 is 1.91 bits per heavy atom. The fourth-order valence-electron chi connectivity index (χ4n) is 9.68. The maximum Gasteiger partial charge on any atom is 0.0468 e. The molecular formula is C53H45N. The highest BCUT2D eigenvalue weighted by molar-refractivity contribution is 6.04. The van der Waals surface area contributed by atoms with Gasteiger partial charge in [-0.15, -0.1) is 0 Å². The molecule has 0 N–H and O–H groups in total. The summed E-state index contributed by atoms with van der Waals surface area (Å²) in [6.07, 6.45) is 6.68. The molecule has 262 valence electrons. The van der Waals surface area contributed by atoms with Crippen LogP contribution in [-0.2, 0) is 5.41 Å².